The van der Waals surface area contributed by atoms with Gasteiger partial charge >= 0.3 is 11.9 Å². The Kier molecular flexibility index (Phi) is 50.5. The molecule has 0 N–H and O–H groups in total. The van der Waals surface area contributed by atoms with Crippen LogP contribution in [0.1, 0.15) is 213 Å². The predicted octanol–water partition coefficient (Wildman–Crippen LogP) is 17.8. The highest BCUT2D eigenvalue weighted by molar-refractivity contribution is 5.71. The van der Waals surface area contributed by atoms with Gasteiger partial charge in [0.25, 0.3) is 0 Å². The van der Waals surface area contributed by atoms with Crippen LogP contribution in [0.5, 0.6) is 0 Å². The van der Waals surface area contributed by atoms with E-state index in [9.17, 15) is 9.59 Å². The molecule has 64 heavy (non-hydrogen) atoms. The lowest BCUT2D eigenvalue weighted by molar-refractivity contribution is -0.162. The van der Waals surface area contributed by atoms with Crippen LogP contribution in [0.3, 0.4) is 0 Å². The van der Waals surface area contributed by atoms with E-state index >= 15 is 0 Å². The van der Waals surface area contributed by atoms with Crippen LogP contribution < -0.4 is 0 Å². The molecule has 0 heterocycles. The molecular formula is C59H96O5. The Labute approximate surface area is 395 Å². The largest absolute Gasteiger partial charge is 0.461 e. The molecule has 0 aliphatic rings. The first-order chi connectivity index (χ1) is 31.6. The molecule has 0 radical (unpaired) electrons. The average molecular weight is 885 g/mol. The third kappa shape index (κ3) is 50.9. The van der Waals surface area contributed by atoms with E-state index in [0.29, 0.717) is 13.0 Å². The maximum atomic E-state index is 12.8. The van der Waals surface area contributed by atoms with Crippen LogP contribution in [0.25, 0.3) is 0 Å². The van der Waals surface area contributed by atoms with Gasteiger partial charge in [-0.05, 0) is 89.9 Å². The zero-order valence-electron chi connectivity index (χ0n) is 41.5. The maximum Gasteiger partial charge on any atom is 0.309 e. The lowest BCUT2D eigenvalue weighted by Crippen LogP contribution is -2.30. The van der Waals surface area contributed by atoms with Gasteiger partial charge in [-0.15, -0.1) is 0 Å². The monoisotopic (exact) mass is 885 g/mol. The number of hydrogen-bond donors (Lipinski definition) is 0. The average Bonchev–Trinajstić information content (AvgIpc) is 3.30. The van der Waals surface area contributed by atoms with Gasteiger partial charge in [-0.3, -0.25) is 9.59 Å². The first kappa shape index (κ1) is 60.3. The summed E-state index contributed by atoms with van der Waals surface area (Å²) in [6.45, 7) is 7.43. The summed E-state index contributed by atoms with van der Waals surface area (Å²) < 4.78 is 17.3. The van der Waals surface area contributed by atoms with E-state index in [-0.39, 0.29) is 31.6 Å². The molecule has 0 aliphatic heterocycles. The molecule has 1 atom stereocenters. The Morgan fingerprint density at radius 2 is 0.750 bits per heavy atom. The molecule has 0 aliphatic carbocycles. The molecule has 0 bridgehead atoms. The first-order valence-corrected chi connectivity index (χ1v) is 26.1. The smallest absolute Gasteiger partial charge is 0.309 e. The van der Waals surface area contributed by atoms with Gasteiger partial charge in [0.2, 0.25) is 0 Å². The molecule has 0 amide bonds. The molecule has 0 spiro atoms. The second-order valence-electron chi connectivity index (χ2n) is 16.7. The number of rotatable bonds is 46. The first-order valence-electron chi connectivity index (χ1n) is 26.1. The summed E-state index contributed by atoms with van der Waals surface area (Å²) in [7, 11) is 0. The van der Waals surface area contributed by atoms with Crippen molar-refractivity contribution in [1.82, 2.24) is 0 Å². The fourth-order valence-corrected chi connectivity index (χ4v) is 6.73. The zero-order chi connectivity index (χ0) is 46.3. The van der Waals surface area contributed by atoms with Crippen molar-refractivity contribution < 1.29 is 23.8 Å². The molecule has 362 valence electrons. The highest BCUT2D eigenvalue weighted by Crippen LogP contribution is 2.14. The van der Waals surface area contributed by atoms with Crippen molar-refractivity contribution in [2.75, 3.05) is 19.8 Å². The van der Waals surface area contributed by atoms with Crippen LogP contribution in [-0.2, 0) is 23.8 Å². The van der Waals surface area contributed by atoms with E-state index in [1.807, 2.05) is 12.2 Å². The van der Waals surface area contributed by atoms with E-state index in [1.54, 1.807) is 0 Å². The Balaban J connectivity index is 4.44. The van der Waals surface area contributed by atoms with E-state index < -0.39 is 6.10 Å². The highest BCUT2D eigenvalue weighted by Gasteiger charge is 2.17. The standard InChI is InChI=1S/C59H96O5/c1-4-7-10-13-16-19-22-25-27-28-29-30-31-33-36-39-42-45-48-51-54-62-55-57(64-59(61)53-50-47-44-41-38-34-24-21-18-15-12-9-6-3)56-63-58(60)52-49-46-43-40-37-35-32-26-23-20-17-14-11-8-5-2/h7-8,10-11,16-17,19-20,25-27,29-30,32-33,36-37,40,46,49,57H,4-6,9,12-15,18,21-24,28,31,34-35,38-39,41-45,47-48,50-56H2,1-3H3/b10-7-,11-8-,19-16-,20-17-,27-25-,30-29-,32-26-,36-33-,40-37-,49-46-. The van der Waals surface area contributed by atoms with Gasteiger partial charge in [0.1, 0.15) is 6.61 Å². The van der Waals surface area contributed by atoms with Gasteiger partial charge in [0.05, 0.1) is 13.0 Å². The molecule has 0 aromatic heterocycles. The Bertz CT molecular complexity index is 1320. The topological polar surface area (TPSA) is 61.8 Å². The van der Waals surface area contributed by atoms with Crippen molar-refractivity contribution in [3.05, 3.63) is 122 Å². The van der Waals surface area contributed by atoms with Crippen LogP contribution in [-0.4, -0.2) is 37.9 Å². The van der Waals surface area contributed by atoms with E-state index in [2.05, 4.69) is 130 Å². The van der Waals surface area contributed by atoms with Crippen molar-refractivity contribution in [1.29, 1.82) is 0 Å². The Morgan fingerprint density at radius 3 is 1.20 bits per heavy atom. The summed E-state index contributed by atoms with van der Waals surface area (Å²) in [5.74, 6) is -0.563. The van der Waals surface area contributed by atoms with Gasteiger partial charge in [-0.25, -0.2) is 0 Å². The molecule has 1 unspecified atom stereocenters. The van der Waals surface area contributed by atoms with E-state index in [0.717, 1.165) is 116 Å². The molecule has 5 nitrogen and oxygen atoms in total. The van der Waals surface area contributed by atoms with Crippen molar-refractivity contribution in [2.45, 2.75) is 219 Å². The van der Waals surface area contributed by atoms with Crippen molar-refractivity contribution in [2.24, 2.45) is 0 Å². The van der Waals surface area contributed by atoms with Crippen LogP contribution in [0, 0.1) is 0 Å². The quantitative estimate of drug-likeness (QED) is 0.0346. The molecular weight excluding hydrogens is 789 g/mol. The molecule has 5 heteroatoms. The lowest BCUT2D eigenvalue weighted by Gasteiger charge is -2.18. The number of unbranched alkanes of at least 4 members (excludes halogenated alkanes) is 16. The molecule has 0 rings (SSSR count). The molecule has 0 aromatic rings. The summed E-state index contributed by atoms with van der Waals surface area (Å²) >= 11 is 0. The number of ether oxygens (including phenoxy) is 3. The lowest BCUT2D eigenvalue weighted by atomic mass is 10.0. The normalized spacial score (nSPS) is 13.2. The van der Waals surface area contributed by atoms with E-state index in [4.69, 9.17) is 14.2 Å². The van der Waals surface area contributed by atoms with Crippen molar-refractivity contribution >= 4 is 11.9 Å². The number of hydrogen-bond acceptors (Lipinski definition) is 5. The zero-order valence-corrected chi connectivity index (χ0v) is 41.5. The van der Waals surface area contributed by atoms with Gasteiger partial charge in [-0.2, -0.15) is 0 Å². The SMILES string of the molecule is CC/C=C\C/C=C\C/C=C\C/C=C\C/C=C\CCCCCCOCC(COC(=O)C/C=C\C/C=C\C/C=C\C/C=C\C/C=C\CC)OC(=O)CCCCCCCCCCCCCCC. The van der Waals surface area contributed by atoms with Crippen LogP contribution in [0.4, 0.5) is 0 Å². The van der Waals surface area contributed by atoms with Crippen molar-refractivity contribution in [3.63, 3.8) is 0 Å². The van der Waals surface area contributed by atoms with Crippen LogP contribution >= 0.6 is 0 Å². The fraction of sp³-hybridized carbons (Fsp3) is 0.627. The predicted molar refractivity (Wildman–Crippen MR) is 279 cm³/mol. The maximum absolute atomic E-state index is 12.8. The third-order valence-electron chi connectivity index (χ3n) is 10.5. The number of esters is 2. The molecule has 0 fully saturated rings. The van der Waals surface area contributed by atoms with Crippen LogP contribution in [0.15, 0.2) is 122 Å². The Morgan fingerprint density at radius 1 is 0.375 bits per heavy atom. The number of carbonyl (C=O) groups is 2. The van der Waals surface area contributed by atoms with Gasteiger partial charge in [0.15, 0.2) is 6.10 Å². The Hall–Kier alpha value is -3.70. The second-order valence-corrected chi connectivity index (χ2v) is 16.7. The minimum Gasteiger partial charge on any atom is -0.461 e. The summed E-state index contributed by atoms with van der Waals surface area (Å²) in [6, 6.07) is 0. The van der Waals surface area contributed by atoms with Gasteiger partial charge < -0.3 is 14.2 Å². The van der Waals surface area contributed by atoms with Crippen LogP contribution in [0.2, 0.25) is 0 Å². The highest BCUT2D eigenvalue weighted by atomic mass is 16.6. The van der Waals surface area contributed by atoms with Crippen molar-refractivity contribution in [3.8, 4) is 0 Å². The molecule has 0 saturated carbocycles. The summed E-state index contributed by atoms with van der Waals surface area (Å²) in [6.07, 6.45) is 75.2. The second kappa shape index (κ2) is 53.6. The molecule has 0 aromatic carbocycles. The summed E-state index contributed by atoms with van der Waals surface area (Å²) in [5.41, 5.74) is 0. The fourth-order valence-electron chi connectivity index (χ4n) is 6.73. The number of allylic oxidation sites excluding steroid dienone is 19. The summed E-state index contributed by atoms with van der Waals surface area (Å²) in [4.78, 5) is 25.3. The minimum absolute atomic E-state index is 0.0150. The number of carbonyl (C=O) groups excluding carboxylic acids is 2. The minimum atomic E-state index is -0.595. The third-order valence-corrected chi connectivity index (χ3v) is 10.5. The molecule has 0 saturated heterocycles. The van der Waals surface area contributed by atoms with Gasteiger partial charge in [-0.1, -0.05) is 232 Å². The summed E-state index contributed by atoms with van der Waals surface area (Å²) in [5, 5.41) is 0. The van der Waals surface area contributed by atoms with E-state index in [1.165, 1.54) is 64.2 Å². The van der Waals surface area contributed by atoms with Gasteiger partial charge in [0, 0.05) is 13.0 Å².